The summed E-state index contributed by atoms with van der Waals surface area (Å²) in [6, 6.07) is 7.16. The number of pyridine rings is 1. The lowest BCUT2D eigenvalue weighted by molar-refractivity contribution is 0.0603. The number of fused-ring (bicyclic) bond motifs is 1. The number of ether oxygens (including phenoxy) is 3. The summed E-state index contributed by atoms with van der Waals surface area (Å²) in [4.78, 5) is 16.2. The summed E-state index contributed by atoms with van der Waals surface area (Å²) in [6.07, 6.45) is 0.0637. The quantitative estimate of drug-likeness (QED) is 0.624. The van der Waals surface area contributed by atoms with Crippen LogP contribution in [0.1, 0.15) is 22.0 Å². The normalized spacial score (nSPS) is 17.3. The van der Waals surface area contributed by atoms with Crippen LogP contribution in [0.5, 0.6) is 5.88 Å². The maximum Gasteiger partial charge on any atom is 0.338 e. The van der Waals surface area contributed by atoms with E-state index >= 15 is 0 Å². The first kappa shape index (κ1) is 11.9. The molecule has 1 aliphatic heterocycles. The Balaban J connectivity index is 2.26. The number of nitrogens with zero attached hydrogens (tertiary/aromatic N) is 1. The van der Waals surface area contributed by atoms with E-state index in [1.54, 1.807) is 19.2 Å². The number of hydrogen-bond donors (Lipinski definition) is 0. The summed E-state index contributed by atoms with van der Waals surface area (Å²) in [6.45, 7) is 0.686. The van der Waals surface area contributed by atoms with Crippen LogP contribution in [-0.4, -0.2) is 31.8 Å². The lowest BCUT2D eigenvalue weighted by atomic mass is 10.0. The minimum absolute atomic E-state index is 0.0637. The van der Waals surface area contributed by atoms with E-state index in [1.165, 1.54) is 7.11 Å². The number of carbonyl (C=O) groups excluding carboxylic acids is 1. The number of aromatic nitrogens is 1. The lowest BCUT2D eigenvalue weighted by Crippen LogP contribution is -2.04. The zero-order valence-electron chi connectivity index (χ0n) is 10.7. The van der Waals surface area contributed by atoms with E-state index in [0.29, 0.717) is 18.1 Å². The van der Waals surface area contributed by atoms with Gasteiger partial charge in [-0.3, -0.25) is 0 Å². The van der Waals surface area contributed by atoms with E-state index in [4.69, 9.17) is 14.2 Å². The van der Waals surface area contributed by atoms with Crippen molar-refractivity contribution in [1.29, 1.82) is 0 Å². The van der Waals surface area contributed by atoms with Crippen LogP contribution < -0.4 is 4.74 Å². The molecular weight excluding hydrogens is 246 g/mol. The molecule has 98 valence electrons. The largest absolute Gasteiger partial charge is 0.481 e. The number of hydrogen-bond acceptors (Lipinski definition) is 5. The maximum atomic E-state index is 11.8. The van der Waals surface area contributed by atoms with Gasteiger partial charge in [-0.05, 0) is 12.1 Å². The minimum atomic E-state index is -0.375. The van der Waals surface area contributed by atoms with Gasteiger partial charge in [-0.2, -0.15) is 0 Å². The maximum absolute atomic E-state index is 11.8. The summed E-state index contributed by atoms with van der Waals surface area (Å²) >= 11 is 0. The second kappa shape index (κ2) is 4.51. The van der Waals surface area contributed by atoms with Crippen molar-refractivity contribution in [2.75, 3.05) is 20.8 Å². The summed E-state index contributed by atoms with van der Waals surface area (Å²) in [5.74, 6) is 0.136. The molecule has 0 N–H and O–H groups in total. The van der Waals surface area contributed by atoms with Crippen LogP contribution >= 0.6 is 0 Å². The van der Waals surface area contributed by atoms with E-state index in [1.807, 2.05) is 12.1 Å². The molecule has 1 saturated heterocycles. The first-order valence-corrected chi connectivity index (χ1v) is 5.92. The highest BCUT2D eigenvalue weighted by atomic mass is 16.6. The number of rotatable bonds is 3. The highest BCUT2D eigenvalue weighted by molar-refractivity contribution is 6.04. The monoisotopic (exact) mass is 259 g/mol. The highest BCUT2D eigenvalue weighted by Crippen LogP contribution is 2.36. The zero-order chi connectivity index (χ0) is 13.4. The molecule has 0 bridgehead atoms. The van der Waals surface area contributed by atoms with Crippen LogP contribution in [-0.2, 0) is 9.47 Å². The number of methoxy groups -OCH3 is 2. The van der Waals surface area contributed by atoms with Gasteiger partial charge in [0.2, 0.25) is 5.88 Å². The third-order valence-electron chi connectivity index (χ3n) is 3.16. The molecule has 1 aromatic carbocycles. The second-order valence-electron chi connectivity index (χ2n) is 4.27. The number of esters is 1. The van der Waals surface area contributed by atoms with Crippen molar-refractivity contribution in [1.82, 2.24) is 4.98 Å². The molecule has 0 spiro atoms. The van der Waals surface area contributed by atoms with Gasteiger partial charge in [0, 0.05) is 17.0 Å². The standard InChI is InChI=1S/C14H13NO4/c1-17-12-6-5-8-9(14(16)18-2)3-4-10(11-7-19-11)13(8)15-12/h3-6,11H,7H2,1-2H3. The van der Waals surface area contributed by atoms with Crippen molar-refractivity contribution >= 4 is 16.9 Å². The van der Waals surface area contributed by atoms with E-state index in [9.17, 15) is 4.79 Å². The van der Waals surface area contributed by atoms with Crippen LogP contribution in [0.25, 0.3) is 10.9 Å². The molecule has 0 radical (unpaired) electrons. The fraction of sp³-hybridized carbons (Fsp3) is 0.286. The third-order valence-corrected chi connectivity index (χ3v) is 3.16. The van der Waals surface area contributed by atoms with Gasteiger partial charge in [0.15, 0.2) is 0 Å². The van der Waals surface area contributed by atoms with Crippen LogP contribution in [0.15, 0.2) is 24.3 Å². The Morgan fingerprint density at radius 1 is 1.32 bits per heavy atom. The molecule has 1 fully saturated rings. The van der Waals surface area contributed by atoms with Gasteiger partial charge in [-0.15, -0.1) is 0 Å². The summed E-state index contributed by atoms with van der Waals surface area (Å²) in [5.41, 5.74) is 2.20. The summed E-state index contributed by atoms with van der Waals surface area (Å²) in [7, 11) is 2.93. The Hall–Kier alpha value is -2.14. The van der Waals surface area contributed by atoms with Crippen molar-refractivity contribution in [2.24, 2.45) is 0 Å². The Morgan fingerprint density at radius 2 is 2.11 bits per heavy atom. The van der Waals surface area contributed by atoms with E-state index < -0.39 is 0 Å². The highest BCUT2D eigenvalue weighted by Gasteiger charge is 2.28. The first-order chi connectivity index (χ1) is 9.24. The van der Waals surface area contributed by atoms with Crippen molar-refractivity contribution in [3.05, 3.63) is 35.4 Å². The SMILES string of the molecule is COC(=O)c1ccc(C2CO2)c2nc(OC)ccc12. The topological polar surface area (TPSA) is 61.0 Å². The number of epoxide rings is 1. The van der Waals surface area contributed by atoms with Crippen LogP contribution in [0, 0.1) is 0 Å². The average molecular weight is 259 g/mol. The molecular formula is C14H13NO4. The van der Waals surface area contributed by atoms with Gasteiger partial charge in [-0.1, -0.05) is 6.07 Å². The van der Waals surface area contributed by atoms with Crippen molar-refractivity contribution in [2.45, 2.75) is 6.10 Å². The van der Waals surface area contributed by atoms with E-state index in [0.717, 1.165) is 16.5 Å². The zero-order valence-corrected chi connectivity index (χ0v) is 10.7. The van der Waals surface area contributed by atoms with E-state index in [-0.39, 0.29) is 12.1 Å². The predicted octanol–water partition coefficient (Wildman–Crippen LogP) is 2.10. The molecule has 5 nitrogen and oxygen atoms in total. The molecule has 1 atom stereocenters. The van der Waals surface area contributed by atoms with Gasteiger partial charge >= 0.3 is 5.97 Å². The predicted molar refractivity (Wildman–Crippen MR) is 68.3 cm³/mol. The van der Waals surface area contributed by atoms with Crippen LogP contribution in [0.2, 0.25) is 0 Å². The average Bonchev–Trinajstić information content (AvgIpc) is 3.29. The van der Waals surface area contributed by atoms with Gasteiger partial charge in [-0.25, -0.2) is 9.78 Å². The Kier molecular flexibility index (Phi) is 2.83. The third kappa shape index (κ3) is 2.02. The van der Waals surface area contributed by atoms with Crippen molar-refractivity contribution in [3.8, 4) is 5.88 Å². The van der Waals surface area contributed by atoms with Gasteiger partial charge in [0.1, 0.15) is 6.10 Å². The Bertz CT molecular complexity index is 649. The smallest absolute Gasteiger partial charge is 0.338 e. The molecule has 2 aromatic rings. The van der Waals surface area contributed by atoms with Gasteiger partial charge in [0.05, 0.1) is 31.9 Å². The molecule has 5 heteroatoms. The number of benzene rings is 1. The van der Waals surface area contributed by atoms with Crippen molar-refractivity contribution in [3.63, 3.8) is 0 Å². The van der Waals surface area contributed by atoms with Crippen molar-refractivity contribution < 1.29 is 19.0 Å². The fourth-order valence-corrected chi connectivity index (χ4v) is 2.11. The van der Waals surface area contributed by atoms with Crippen LogP contribution in [0.3, 0.4) is 0 Å². The molecule has 1 aromatic heterocycles. The van der Waals surface area contributed by atoms with Gasteiger partial charge < -0.3 is 14.2 Å². The molecule has 0 saturated carbocycles. The van der Waals surface area contributed by atoms with Crippen LogP contribution in [0.4, 0.5) is 0 Å². The first-order valence-electron chi connectivity index (χ1n) is 5.92. The minimum Gasteiger partial charge on any atom is -0.481 e. The molecule has 0 aliphatic carbocycles. The molecule has 1 aliphatic rings. The molecule has 3 rings (SSSR count). The molecule has 0 amide bonds. The summed E-state index contributed by atoms with van der Waals surface area (Å²) < 4.78 is 15.2. The molecule has 1 unspecified atom stereocenters. The summed E-state index contributed by atoms with van der Waals surface area (Å²) in [5, 5.41) is 0.751. The molecule has 19 heavy (non-hydrogen) atoms. The molecule has 2 heterocycles. The fourth-order valence-electron chi connectivity index (χ4n) is 2.11. The van der Waals surface area contributed by atoms with E-state index in [2.05, 4.69) is 4.98 Å². The second-order valence-corrected chi connectivity index (χ2v) is 4.27. The Labute approximate surface area is 110 Å². The lowest BCUT2D eigenvalue weighted by Gasteiger charge is -2.09. The van der Waals surface area contributed by atoms with Gasteiger partial charge in [0.25, 0.3) is 0 Å². The number of carbonyl (C=O) groups is 1. The Morgan fingerprint density at radius 3 is 2.74 bits per heavy atom.